The smallest absolute Gasteiger partial charge is 0.318 e. The van der Waals surface area contributed by atoms with E-state index in [1.54, 1.807) is 13.4 Å². The molecule has 23 heavy (non-hydrogen) atoms. The molecule has 1 atom stereocenters. The molecule has 1 aromatic heterocycles. The van der Waals surface area contributed by atoms with E-state index < -0.39 is 0 Å². The number of carbonyl (C=O) groups is 1. The van der Waals surface area contributed by atoms with Crippen LogP contribution in [-0.2, 0) is 7.05 Å². The van der Waals surface area contributed by atoms with Gasteiger partial charge in [-0.1, -0.05) is 31.4 Å². The monoisotopic (exact) mass is 313 g/mol. The molecule has 3 rings (SSSR count). The highest BCUT2D eigenvalue weighted by atomic mass is 16.2. The van der Waals surface area contributed by atoms with Crippen molar-refractivity contribution in [2.24, 2.45) is 13.0 Å². The molecular weight excluding hydrogens is 290 g/mol. The van der Waals surface area contributed by atoms with E-state index in [1.165, 1.54) is 24.8 Å². The minimum absolute atomic E-state index is 0.208. The number of carbonyl (C=O) groups excluding carboxylic acids is 1. The predicted molar refractivity (Wildman–Crippen MR) is 89.3 cm³/mol. The van der Waals surface area contributed by atoms with Crippen LogP contribution in [0.25, 0.3) is 0 Å². The van der Waals surface area contributed by atoms with E-state index in [0.29, 0.717) is 0 Å². The Bertz CT molecular complexity index is 677. The van der Waals surface area contributed by atoms with E-state index >= 15 is 0 Å². The molecule has 0 saturated heterocycles. The Balaban J connectivity index is 1.88. The second-order valence-electron chi connectivity index (χ2n) is 6.21. The molecule has 1 heterocycles. The van der Waals surface area contributed by atoms with E-state index in [0.717, 1.165) is 23.9 Å². The van der Waals surface area contributed by atoms with Gasteiger partial charge in [-0.05, 0) is 30.0 Å². The van der Waals surface area contributed by atoms with Crippen LogP contribution in [0.15, 0.2) is 30.6 Å². The van der Waals surface area contributed by atoms with Crippen LogP contribution in [0, 0.1) is 5.92 Å². The minimum Gasteiger partial charge on any atom is -0.341 e. The number of nitrogens with zero attached hydrogens (tertiary/aromatic N) is 3. The van der Waals surface area contributed by atoms with Gasteiger partial charge in [-0.25, -0.2) is 4.79 Å². The van der Waals surface area contributed by atoms with Gasteiger partial charge in [-0.2, -0.15) is 0 Å². The van der Waals surface area contributed by atoms with Crippen molar-refractivity contribution in [3.63, 3.8) is 0 Å². The molecule has 1 saturated carbocycles. The van der Waals surface area contributed by atoms with Crippen LogP contribution in [0.5, 0.6) is 0 Å². The van der Waals surface area contributed by atoms with Gasteiger partial charge < -0.3 is 15.2 Å². The minimum atomic E-state index is -0.212. The van der Waals surface area contributed by atoms with Gasteiger partial charge in [-0.3, -0.25) is 0 Å². The second-order valence-corrected chi connectivity index (χ2v) is 6.21. The number of nitrogens with one attached hydrogen (secondary N) is 2. The third-order valence-electron chi connectivity index (χ3n) is 4.63. The Labute approximate surface area is 136 Å². The molecule has 2 amide bonds. The fourth-order valence-corrected chi connectivity index (χ4v) is 3.09. The lowest BCUT2D eigenvalue weighted by molar-refractivity contribution is 0.254. The number of aromatic nitrogens is 3. The summed E-state index contributed by atoms with van der Waals surface area (Å²) in [5.74, 6) is 1.94. The van der Waals surface area contributed by atoms with E-state index in [1.807, 2.05) is 29.8 Å². The summed E-state index contributed by atoms with van der Waals surface area (Å²) in [4.78, 5) is 11.5. The van der Waals surface area contributed by atoms with Crippen molar-refractivity contribution in [2.75, 3.05) is 12.4 Å². The summed E-state index contributed by atoms with van der Waals surface area (Å²) in [7, 11) is 3.59. The fraction of sp³-hybridized carbons (Fsp3) is 0.471. The molecule has 6 nitrogen and oxygen atoms in total. The summed E-state index contributed by atoms with van der Waals surface area (Å²) in [6.07, 6.45) is 6.75. The summed E-state index contributed by atoms with van der Waals surface area (Å²) >= 11 is 0. The quantitative estimate of drug-likeness (QED) is 0.891. The summed E-state index contributed by atoms with van der Waals surface area (Å²) in [5.41, 5.74) is 1.96. The van der Waals surface area contributed by atoms with Crippen LogP contribution < -0.4 is 10.6 Å². The molecule has 1 fully saturated rings. The Morgan fingerprint density at radius 2 is 2.26 bits per heavy atom. The molecule has 1 aliphatic rings. The summed E-state index contributed by atoms with van der Waals surface area (Å²) in [6, 6.07) is 7.80. The maximum absolute atomic E-state index is 11.5. The van der Waals surface area contributed by atoms with Gasteiger partial charge in [0.15, 0.2) is 0 Å². The van der Waals surface area contributed by atoms with Crippen molar-refractivity contribution in [3.05, 3.63) is 42.0 Å². The lowest BCUT2D eigenvalue weighted by atomic mass is 9.77. The molecule has 0 radical (unpaired) electrons. The van der Waals surface area contributed by atoms with E-state index in [4.69, 9.17) is 0 Å². The largest absolute Gasteiger partial charge is 0.341 e. The van der Waals surface area contributed by atoms with Crippen molar-refractivity contribution in [1.29, 1.82) is 0 Å². The van der Waals surface area contributed by atoms with Gasteiger partial charge in [0.2, 0.25) is 0 Å². The summed E-state index contributed by atoms with van der Waals surface area (Å²) < 4.78 is 1.99. The zero-order valence-electron chi connectivity index (χ0n) is 13.6. The number of benzene rings is 1. The average molecular weight is 313 g/mol. The molecule has 2 N–H and O–H groups in total. The molecular formula is C17H23N5O. The first-order valence-electron chi connectivity index (χ1n) is 8.10. The molecule has 0 bridgehead atoms. The topological polar surface area (TPSA) is 71.8 Å². The number of rotatable bonds is 5. The first-order valence-corrected chi connectivity index (χ1v) is 8.10. The molecule has 6 heteroatoms. The molecule has 2 aromatic rings. The van der Waals surface area contributed by atoms with Crippen LogP contribution in [0.2, 0.25) is 0 Å². The zero-order chi connectivity index (χ0) is 16.2. The third kappa shape index (κ3) is 3.52. The molecule has 1 aliphatic carbocycles. The summed E-state index contributed by atoms with van der Waals surface area (Å²) in [6.45, 7) is 0. The van der Waals surface area contributed by atoms with Gasteiger partial charge in [0.1, 0.15) is 12.2 Å². The number of aryl methyl sites for hydroxylation is 1. The average Bonchev–Trinajstić information content (AvgIpc) is 2.92. The normalized spacial score (nSPS) is 15.7. The van der Waals surface area contributed by atoms with Gasteiger partial charge in [0.05, 0.1) is 0 Å². The number of amides is 2. The first kappa shape index (κ1) is 15.5. The van der Waals surface area contributed by atoms with Crippen LogP contribution >= 0.6 is 0 Å². The van der Waals surface area contributed by atoms with E-state index in [2.05, 4.69) is 26.9 Å². The van der Waals surface area contributed by atoms with Crippen molar-refractivity contribution >= 4 is 11.7 Å². The highest BCUT2D eigenvalue weighted by molar-refractivity contribution is 5.89. The number of urea groups is 1. The summed E-state index contributed by atoms with van der Waals surface area (Å²) in [5, 5.41) is 13.8. The Hall–Kier alpha value is -2.37. The molecule has 0 spiro atoms. The van der Waals surface area contributed by atoms with Gasteiger partial charge in [-0.15, -0.1) is 10.2 Å². The number of anilines is 1. The standard InChI is InChI=1S/C17H23N5O/c1-18-17(23)20-14-8-4-7-13(10-14)15(9-12-5-3-6-12)16-21-19-11-22(16)2/h4,7-8,10-12,15H,3,5-6,9H2,1-2H3,(H2,18,20,23). The predicted octanol–water partition coefficient (Wildman–Crippen LogP) is 2.89. The Morgan fingerprint density at radius 3 is 2.87 bits per heavy atom. The molecule has 1 unspecified atom stereocenters. The van der Waals surface area contributed by atoms with Crippen LogP contribution in [0.1, 0.15) is 43.0 Å². The first-order chi connectivity index (χ1) is 11.2. The second kappa shape index (κ2) is 6.81. The zero-order valence-corrected chi connectivity index (χ0v) is 13.6. The van der Waals surface area contributed by atoms with Crippen LogP contribution in [0.3, 0.4) is 0 Å². The number of hydrogen-bond donors (Lipinski definition) is 2. The molecule has 122 valence electrons. The van der Waals surface area contributed by atoms with Gasteiger partial charge in [0, 0.05) is 25.7 Å². The van der Waals surface area contributed by atoms with Crippen LogP contribution in [-0.4, -0.2) is 27.8 Å². The third-order valence-corrected chi connectivity index (χ3v) is 4.63. The molecule has 0 aliphatic heterocycles. The van der Waals surface area contributed by atoms with Crippen molar-refractivity contribution in [1.82, 2.24) is 20.1 Å². The molecule has 1 aromatic carbocycles. The van der Waals surface area contributed by atoms with Crippen LogP contribution in [0.4, 0.5) is 10.5 Å². The SMILES string of the molecule is CNC(=O)Nc1cccc(C(CC2CCC2)c2nncn2C)c1. The van der Waals surface area contributed by atoms with Crippen molar-refractivity contribution < 1.29 is 4.79 Å². The van der Waals surface area contributed by atoms with Gasteiger partial charge >= 0.3 is 6.03 Å². The van der Waals surface area contributed by atoms with Crippen molar-refractivity contribution in [3.8, 4) is 0 Å². The maximum atomic E-state index is 11.5. The highest BCUT2D eigenvalue weighted by Crippen LogP contribution is 2.38. The Morgan fingerprint density at radius 1 is 1.43 bits per heavy atom. The lowest BCUT2D eigenvalue weighted by Gasteiger charge is -2.29. The van der Waals surface area contributed by atoms with Gasteiger partial charge in [0.25, 0.3) is 0 Å². The van der Waals surface area contributed by atoms with E-state index in [9.17, 15) is 4.79 Å². The lowest BCUT2D eigenvalue weighted by Crippen LogP contribution is -2.24. The maximum Gasteiger partial charge on any atom is 0.318 e. The Kier molecular flexibility index (Phi) is 4.60. The highest BCUT2D eigenvalue weighted by Gasteiger charge is 2.27. The van der Waals surface area contributed by atoms with E-state index in [-0.39, 0.29) is 11.9 Å². The number of hydrogen-bond acceptors (Lipinski definition) is 3. The fourth-order valence-electron chi connectivity index (χ4n) is 3.09. The van der Waals surface area contributed by atoms with Crippen molar-refractivity contribution in [2.45, 2.75) is 31.6 Å².